The van der Waals surface area contributed by atoms with Crippen LogP contribution in [0.25, 0.3) is 0 Å². The van der Waals surface area contributed by atoms with E-state index in [1.54, 1.807) is 12.2 Å². The van der Waals surface area contributed by atoms with Crippen LogP contribution in [0.1, 0.15) is 73.1 Å². The molecule has 208 valence electrons. The fourth-order valence-corrected chi connectivity index (χ4v) is 8.53. The summed E-state index contributed by atoms with van der Waals surface area (Å²) >= 11 is 0. The van der Waals surface area contributed by atoms with Crippen LogP contribution < -0.4 is 68.9 Å². The summed E-state index contributed by atoms with van der Waals surface area (Å²) in [5.41, 5.74) is -1.78. The van der Waals surface area contributed by atoms with E-state index in [-0.39, 0.29) is 89.1 Å². The molecule has 0 spiro atoms. The van der Waals surface area contributed by atoms with E-state index < -0.39 is 55.1 Å². The SMILES string of the molecule is CC.CCCC1OC2CC3C4CCC5=CC(=O)C=CC5(C)C4C(O)CC3(C)C2(C(=O)COP(=O)([O-])[O-])O1.[Na+].[Na+]. The fraction of sp³-hybridized carbons (Fsp3) is 0.778. The predicted molar refractivity (Wildman–Crippen MR) is 131 cm³/mol. The maximum absolute atomic E-state index is 13.6. The van der Waals surface area contributed by atoms with Crippen LogP contribution in [0.2, 0.25) is 0 Å². The van der Waals surface area contributed by atoms with Gasteiger partial charge in [-0.1, -0.05) is 52.7 Å². The fourth-order valence-electron chi connectivity index (χ4n) is 8.25. The first kappa shape index (κ1) is 36.0. The number of ether oxygens (including phenoxy) is 2. The monoisotopic (exact) mass is 584 g/mol. The number of allylic oxidation sites excluding steroid dienone is 4. The van der Waals surface area contributed by atoms with Crippen LogP contribution >= 0.6 is 7.82 Å². The van der Waals surface area contributed by atoms with Crippen molar-refractivity contribution in [2.24, 2.45) is 28.6 Å². The van der Waals surface area contributed by atoms with Crippen molar-refractivity contribution >= 4 is 19.4 Å². The van der Waals surface area contributed by atoms with Crippen LogP contribution in [-0.2, 0) is 28.2 Å². The Balaban J connectivity index is 0.00000130. The quantitative estimate of drug-likeness (QED) is 0.250. The molecule has 9 atom stereocenters. The van der Waals surface area contributed by atoms with Gasteiger partial charge < -0.3 is 33.5 Å². The van der Waals surface area contributed by atoms with Gasteiger partial charge in [-0.15, -0.1) is 0 Å². The zero-order valence-electron chi connectivity index (χ0n) is 24.3. The van der Waals surface area contributed by atoms with Crippen molar-refractivity contribution < 1.29 is 102 Å². The summed E-state index contributed by atoms with van der Waals surface area (Å²) in [5.74, 6) is -0.801. The molecular formula is C27H39Na2O9P. The van der Waals surface area contributed by atoms with Crippen molar-refractivity contribution in [1.82, 2.24) is 0 Å². The molecule has 1 aliphatic heterocycles. The standard InChI is InChI=1S/C25H35O9P.C2H6.2Na/c1-4-5-21-33-20-11-17-16-7-6-14-10-15(26)8-9-23(14,2)22(16)18(27)12-24(17,3)25(20,34-21)19(28)13-32-35(29,30)31;1-2;;/h8-10,16-18,20-22,27H,4-7,11-13H2,1-3H3,(H2,29,30,31);1-2H3;;/q;;2*+1/p-2. The minimum Gasteiger partial charge on any atom is -0.790 e. The van der Waals surface area contributed by atoms with Crippen molar-refractivity contribution in [3.63, 3.8) is 0 Å². The number of fused-ring (bicyclic) bond motifs is 7. The molecule has 9 nitrogen and oxygen atoms in total. The molecule has 0 radical (unpaired) electrons. The van der Waals surface area contributed by atoms with Crippen LogP contribution in [0.15, 0.2) is 23.8 Å². The Morgan fingerprint density at radius 1 is 1.26 bits per heavy atom. The van der Waals surface area contributed by atoms with Crippen LogP contribution in [0, 0.1) is 28.6 Å². The summed E-state index contributed by atoms with van der Waals surface area (Å²) in [7, 11) is -5.36. The van der Waals surface area contributed by atoms with Crippen LogP contribution in [0.5, 0.6) is 0 Å². The molecule has 39 heavy (non-hydrogen) atoms. The predicted octanol–water partition coefficient (Wildman–Crippen LogP) is -3.40. The van der Waals surface area contributed by atoms with Crippen LogP contribution in [0.3, 0.4) is 0 Å². The molecule has 1 heterocycles. The zero-order valence-corrected chi connectivity index (χ0v) is 29.2. The first-order chi connectivity index (χ1) is 17.4. The summed E-state index contributed by atoms with van der Waals surface area (Å²) in [4.78, 5) is 48.0. The average Bonchev–Trinajstić information content (AvgIpc) is 3.31. The summed E-state index contributed by atoms with van der Waals surface area (Å²) in [6.07, 6.45) is 6.73. The van der Waals surface area contributed by atoms with E-state index in [1.807, 2.05) is 33.8 Å². The number of hydrogen-bond donors (Lipinski definition) is 1. The van der Waals surface area contributed by atoms with E-state index >= 15 is 0 Å². The van der Waals surface area contributed by atoms with Gasteiger partial charge >= 0.3 is 59.1 Å². The van der Waals surface area contributed by atoms with Gasteiger partial charge in [0.1, 0.15) is 6.61 Å². The van der Waals surface area contributed by atoms with E-state index in [0.29, 0.717) is 12.8 Å². The minimum atomic E-state index is -5.36. The second-order valence-corrected chi connectivity index (χ2v) is 12.4. The Kier molecular flexibility index (Phi) is 12.2. The molecule has 4 fully saturated rings. The molecule has 1 N–H and O–H groups in total. The zero-order chi connectivity index (χ0) is 27.4. The van der Waals surface area contributed by atoms with E-state index in [0.717, 1.165) is 24.8 Å². The molecule has 9 unspecified atom stereocenters. The Labute approximate surface area is 275 Å². The normalized spacial score (nSPS) is 41.8. The number of phosphoric acid groups is 1. The maximum atomic E-state index is 13.6. The number of rotatable bonds is 6. The smallest absolute Gasteiger partial charge is 0.790 e. The maximum Gasteiger partial charge on any atom is 1.00 e. The van der Waals surface area contributed by atoms with E-state index in [1.165, 1.54) is 0 Å². The number of aliphatic hydroxyl groups excluding tert-OH is 1. The van der Waals surface area contributed by atoms with Gasteiger partial charge in [-0.05, 0) is 56.1 Å². The third-order valence-electron chi connectivity index (χ3n) is 9.58. The molecular weight excluding hydrogens is 545 g/mol. The molecule has 3 saturated carbocycles. The van der Waals surface area contributed by atoms with E-state index in [2.05, 4.69) is 11.4 Å². The third-order valence-corrected chi connectivity index (χ3v) is 10.0. The van der Waals surface area contributed by atoms with Crippen molar-refractivity contribution in [1.29, 1.82) is 0 Å². The van der Waals surface area contributed by atoms with Gasteiger partial charge in [0.05, 0.1) is 20.0 Å². The molecule has 12 heteroatoms. The first-order valence-electron chi connectivity index (χ1n) is 13.5. The average molecular weight is 585 g/mol. The number of hydrogen-bond acceptors (Lipinski definition) is 9. The second-order valence-electron chi connectivity index (χ2n) is 11.3. The van der Waals surface area contributed by atoms with E-state index in [4.69, 9.17) is 9.47 Å². The van der Waals surface area contributed by atoms with Gasteiger partial charge in [0, 0.05) is 16.7 Å². The summed E-state index contributed by atoms with van der Waals surface area (Å²) in [6.45, 7) is 9.05. The number of carbonyl (C=O) groups excluding carboxylic acids is 2. The summed E-state index contributed by atoms with van der Waals surface area (Å²) in [5, 5.41) is 11.6. The molecule has 0 aromatic rings. The Morgan fingerprint density at radius 3 is 2.54 bits per heavy atom. The van der Waals surface area contributed by atoms with Crippen molar-refractivity contribution in [3.05, 3.63) is 23.8 Å². The largest absolute Gasteiger partial charge is 1.00 e. The van der Waals surface area contributed by atoms with E-state index in [9.17, 15) is 29.0 Å². The number of Topliss-reactive ketones (excluding diaryl/α,β-unsaturated/α-hetero) is 1. The topological polar surface area (TPSA) is 145 Å². The van der Waals surface area contributed by atoms with Crippen LogP contribution in [0.4, 0.5) is 0 Å². The number of carbonyl (C=O) groups is 2. The number of ketones is 2. The molecule has 5 aliphatic rings. The van der Waals surface area contributed by atoms with Gasteiger partial charge in [0.25, 0.3) is 0 Å². The summed E-state index contributed by atoms with van der Waals surface area (Å²) in [6, 6.07) is 0. The third kappa shape index (κ3) is 5.98. The Morgan fingerprint density at radius 2 is 1.92 bits per heavy atom. The second kappa shape index (κ2) is 13.2. The van der Waals surface area contributed by atoms with Crippen molar-refractivity contribution in [2.45, 2.75) is 97.2 Å². The molecule has 5 rings (SSSR count). The van der Waals surface area contributed by atoms with Gasteiger partial charge in [-0.3, -0.25) is 9.59 Å². The van der Waals surface area contributed by atoms with Gasteiger partial charge in [-0.25, -0.2) is 0 Å². The van der Waals surface area contributed by atoms with Crippen LogP contribution in [-0.4, -0.2) is 47.4 Å². The Hall–Kier alpha value is 0.810. The molecule has 0 amide bonds. The van der Waals surface area contributed by atoms with Crippen molar-refractivity contribution in [3.8, 4) is 0 Å². The molecule has 0 bridgehead atoms. The first-order valence-corrected chi connectivity index (χ1v) is 15.0. The minimum absolute atomic E-state index is 0. The number of phosphoric ester groups is 1. The van der Waals surface area contributed by atoms with Gasteiger partial charge in [-0.2, -0.15) is 0 Å². The molecule has 0 aromatic heterocycles. The molecule has 0 aromatic carbocycles. The number of aliphatic hydroxyl groups is 1. The Bertz CT molecular complexity index is 1040. The molecule has 4 aliphatic carbocycles. The summed E-state index contributed by atoms with van der Waals surface area (Å²) < 4.78 is 28.1. The van der Waals surface area contributed by atoms with Gasteiger partial charge in [0.2, 0.25) is 0 Å². The van der Waals surface area contributed by atoms with Gasteiger partial charge in [0.15, 0.2) is 23.5 Å². The molecule has 1 saturated heterocycles. The van der Waals surface area contributed by atoms with Crippen molar-refractivity contribution in [2.75, 3.05) is 6.61 Å².